The van der Waals surface area contributed by atoms with Gasteiger partial charge in [-0.25, -0.2) is 4.98 Å². The Kier molecular flexibility index (Phi) is 6.14. The van der Waals surface area contributed by atoms with Crippen LogP contribution in [0.1, 0.15) is 0 Å². The molecule has 0 spiro atoms. The first-order chi connectivity index (χ1) is 22.8. The van der Waals surface area contributed by atoms with Crippen molar-refractivity contribution in [1.29, 1.82) is 0 Å². The molecule has 2 heterocycles. The standard InChI is InChI=1S/C43H28N2O/c1-2-8-29(9-3-1)31-16-21-36(22-17-31)45(37-23-18-32(19-24-37)35-15-14-30-10-4-5-12-34(30)26-35)42-27-39-41(28-44-42)46-40-25-20-33-11-6-7-13-38(33)43(39)40/h1-28H. The molecule has 46 heavy (non-hydrogen) atoms. The third-order valence-corrected chi connectivity index (χ3v) is 8.90. The van der Waals surface area contributed by atoms with Gasteiger partial charge in [0.1, 0.15) is 11.4 Å². The molecule has 0 saturated heterocycles. The van der Waals surface area contributed by atoms with Crippen molar-refractivity contribution in [2.45, 2.75) is 0 Å². The number of fused-ring (bicyclic) bond motifs is 6. The highest BCUT2D eigenvalue weighted by Gasteiger charge is 2.18. The van der Waals surface area contributed by atoms with Crippen LogP contribution in [0.4, 0.5) is 17.2 Å². The van der Waals surface area contributed by atoms with Crippen LogP contribution in [-0.2, 0) is 0 Å². The van der Waals surface area contributed by atoms with Crippen LogP contribution in [0.2, 0.25) is 0 Å². The summed E-state index contributed by atoms with van der Waals surface area (Å²) in [6.45, 7) is 0. The molecule has 216 valence electrons. The second-order valence-corrected chi connectivity index (χ2v) is 11.7. The van der Waals surface area contributed by atoms with Gasteiger partial charge < -0.3 is 4.42 Å². The molecular weight excluding hydrogens is 560 g/mol. The van der Waals surface area contributed by atoms with Crippen LogP contribution >= 0.6 is 0 Å². The van der Waals surface area contributed by atoms with Crippen molar-refractivity contribution < 1.29 is 4.42 Å². The van der Waals surface area contributed by atoms with Crippen molar-refractivity contribution in [1.82, 2.24) is 4.98 Å². The Balaban J connectivity index is 1.19. The second kappa shape index (κ2) is 10.8. The van der Waals surface area contributed by atoms with Crippen molar-refractivity contribution in [3.05, 3.63) is 170 Å². The van der Waals surface area contributed by atoms with E-state index in [1.807, 2.05) is 12.3 Å². The molecule has 0 radical (unpaired) electrons. The Labute approximate surface area is 266 Å². The number of aromatic nitrogens is 1. The van der Waals surface area contributed by atoms with Gasteiger partial charge in [0.05, 0.1) is 6.20 Å². The van der Waals surface area contributed by atoms with E-state index in [1.165, 1.54) is 43.8 Å². The summed E-state index contributed by atoms with van der Waals surface area (Å²) in [7, 11) is 0. The minimum absolute atomic E-state index is 0.779. The minimum Gasteiger partial charge on any atom is -0.454 e. The Morgan fingerprint density at radius 3 is 1.76 bits per heavy atom. The van der Waals surface area contributed by atoms with Crippen molar-refractivity contribution in [3.8, 4) is 22.3 Å². The van der Waals surface area contributed by atoms with Crippen LogP contribution in [0, 0.1) is 0 Å². The topological polar surface area (TPSA) is 29.3 Å². The van der Waals surface area contributed by atoms with Crippen LogP contribution in [0.25, 0.3) is 65.7 Å². The van der Waals surface area contributed by atoms with Crippen molar-refractivity contribution in [3.63, 3.8) is 0 Å². The van der Waals surface area contributed by atoms with Crippen LogP contribution in [0.15, 0.2) is 174 Å². The van der Waals surface area contributed by atoms with E-state index in [0.717, 1.165) is 39.1 Å². The van der Waals surface area contributed by atoms with E-state index in [0.29, 0.717) is 0 Å². The Hall–Kier alpha value is -6.19. The summed E-state index contributed by atoms with van der Waals surface area (Å²) in [6.07, 6.45) is 1.86. The number of rotatable bonds is 5. The van der Waals surface area contributed by atoms with E-state index in [1.54, 1.807) is 0 Å². The summed E-state index contributed by atoms with van der Waals surface area (Å²) in [6, 6.07) is 57.9. The van der Waals surface area contributed by atoms with Gasteiger partial charge in [0.15, 0.2) is 5.58 Å². The zero-order chi connectivity index (χ0) is 30.5. The van der Waals surface area contributed by atoms with Gasteiger partial charge in [-0.2, -0.15) is 0 Å². The number of benzene rings is 7. The van der Waals surface area contributed by atoms with E-state index in [4.69, 9.17) is 9.40 Å². The van der Waals surface area contributed by atoms with Crippen LogP contribution < -0.4 is 4.90 Å². The molecule has 9 rings (SSSR count). The molecule has 0 bridgehead atoms. The SMILES string of the molecule is c1ccc(-c2ccc(N(c3ccc(-c4ccc5ccccc5c4)cc3)c3cc4c(cn3)oc3ccc5ccccc5c34)cc2)cc1. The van der Waals surface area contributed by atoms with Crippen LogP contribution in [0.3, 0.4) is 0 Å². The van der Waals surface area contributed by atoms with Crippen molar-refractivity contribution in [2.75, 3.05) is 4.90 Å². The molecule has 3 nitrogen and oxygen atoms in total. The summed E-state index contributed by atoms with van der Waals surface area (Å²) >= 11 is 0. The molecule has 0 N–H and O–H groups in total. The quantitative estimate of drug-likeness (QED) is 0.200. The van der Waals surface area contributed by atoms with Crippen LogP contribution in [-0.4, -0.2) is 4.98 Å². The van der Waals surface area contributed by atoms with Gasteiger partial charge in [-0.15, -0.1) is 0 Å². The summed E-state index contributed by atoms with van der Waals surface area (Å²) in [5, 5.41) is 7.01. The number of nitrogens with zero attached hydrogens (tertiary/aromatic N) is 2. The van der Waals surface area contributed by atoms with Crippen molar-refractivity contribution >= 4 is 60.7 Å². The Morgan fingerprint density at radius 1 is 0.413 bits per heavy atom. The van der Waals surface area contributed by atoms with Gasteiger partial charge in [0, 0.05) is 22.1 Å². The number of anilines is 3. The maximum absolute atomic E-state index is 6.29. The largest absolute Gasteiger partial charge is 0.454 e. The second-order valence-electron chi connectivity index (χ2n) is 11.7. The fourth-order valence-electron chi connectivity index (χ4n) is 6.58. The molecule has 0 amide bonds. The lowest BCUT2D eigenvalue weighted by molar-refractivity contribution is 0.667. The van der Waals surface area contributed by atoms with Crippen molar-refractivity contribution in [2.24, 2.45) is 0 Å². The highest BCUT2D eigenvalue weighted by atomic mass is 16.3. The smallest absolute Gasteiger partial charge is 0.153 e. The molecule has 0 aliphatic rings. The normalized spacial score (nSPS) is 11.5. The summed E-state index contributed by atoms with van der Waals surface area (Å²) in [5.41, 5.74) is 8.43. The molecule has 0 atom stereocenters. The zero-order valence-electron chi connectivity index (χ0n) is 25.0. The first-order valence-electron chi connectivity index (χ1n) is 15.5. The molecule has 0 unspecified atom stereocenters. The molecule has 0 saturated carbocycles. The third kappa shape index (κ3) is 4.49. The van der Waals surface area contributed by atoms with Gasteiger partial charge in [-0.3, -0.25) is 4.90 Å². The molecule has 3 heteroatoms. The van der Waals surface area contributed by atoms with Gasteiger partial charge in [0.25, 0.3) is 0 Å². The molecule has 0 aliphatic carbocycles. The molecule has 2 aromatic heterocycles. The number of pyridine rings is 1. The van der Waals surface area contributed by atoms with Gasteiger partial charge in [-0.1, -0.05) is 121 Å². The maximum atomic E-state index is 6.29. The number of hydrogen-bond donors (Lipinski definition) is 0. The summed E-state index contributed by atoms with van der Waals surface area (Å²) in [4.78, 5) is 7.19. The maximum Gasteiger partial charge on any atom is 0.153 e. The molecule has 9 aromatic rings. The number of hydrogen-bond acceptors (Lipinski definition) is 3. The first kappa shape index (κ1) is 26.2. The molecule has 0 fully saturated rings. The Morgan fingerprint density at radius 2 is 1.00 bits per heavy atom. The highest BCUT2D eigenvalue weighted by Crippen LogP contribution is 2.40. The van der Waals surface area contributed by atoms with Gasteiger partial charge >= 0.3 is 0 Å². The average Bonchev–Trinajstić information content (AvgIpc) is 3.51. The van der Waals surface area contributed by atoms with Crippen LogP contribution in [0.5, 0.6) is 0 Å². The lowest BCUT2D eigenvalue weighted by atomic mass is 10.0. The third-order valence-electron chi connectivity index (χ3n) is 8.90. The summed E-state index contributed by atoms with van der Waals surface area (Å²) < 4.78 is 6.29. The number of furan rings is 1. The average molecular weight is 589 g/mol. The highest BCUT2D eigenvalue weighted by molar-refractivity contribution is 6.19. The van der Waals surface area contributed by atoms with E-state index >= 15 is 0 Å². The van der Waals surface area contributed by atoms with E-state index in [2.05, 4.69) is 163 Å². The molecule has 7 aromatic carbocycles. The summed E-state index contributed by atoms with van der Waals surface area (Å²) in [5.74, 6) is 0.828. The fraction of sp³-hybridized carbons (Fsp3) is 0. The molecular formula is C43H28N2O. The zero-order valence-corrected chi connectivity index (χ0v) is 25.0. The monoisotopic (exact) mass is 588 g/mol. The predicted molar refractivity (Wildman–Crippen MR) is 192 cm³/mol. The van der Waals surface area contributed by atoms with E-state index < -0.39 is 0 Å². The fourth-order valence-corrected chi connectivity index (χ4v) is 6.58. The van der Waals surface area contributed by atoms with Gasteiger partial charge in [-0.05, 0) is 86.3 Å². The minimum atomic E-state index is 0.779. The molecule has 0 aliphatic heterocycles. The lowest BCUT2D eigenvalue weighted by Crippen LogP contribution is -2.11. The predicted octanol–water partition coefficient (Wildman–Crippen LogP) is 12.1. The lowest BCUT2D eigenvalue weighted by Gasteiger charge is -2.25. The van der Waals surface area contributed by atoms with E-state index in [9.17, 15) is 0 Å². The Bertz CT molecular complexity index is 2510. The van der Waals surface area contributed by atoms with E-state index in [-0.39, 0.29) is 0 Å². The van der Waals surface area contributed by atoms with Gasteiger partial charge in [0.2, 0.25) is 0 Å². The first-order valence-corrected chi connectivity index (χ1v) is 15.5.